The lowest BCUT2D eigenvalue weighted by Crippen LogP contribution is -2.11. The molecule has 0 saturated carbocycles. The molecule has 0 aliphatic carbocycles. The Morgan fingerprint density at radius 2 is 1.22 bits per heavy atom. The largest absolute Gasteiger partial charge is 0.507 e. The summed E-state index contributed by atoms with van der Waals surface area (Å²) in [6.45, 7) is 0. The topological polar surface area (TPSA) is 66.8 Å². The summed E-state index contributed by atoms with van der Waals surface area (Å²) < 4.78 is 19.8. The molecule has 5 aromatic carbocycles. The molecule has 0 spiro atoms. The minimum Gasteiger partial charge on any atom is -0.507 e. The van der Waals surface area contributed by atoms with Gasteiger partial charge in [-0.05, 0) is 46.8 Å². The Labute approximate surface area is 182 Å². The number of esters is 1. The van der Waals surface area contributed by atoms with Gasteiger partial charge in [0.05, 0.1) is 5.56 Å². The van der Waals surface area contributed by atoms with Gasteiger partial charge in [-0.25, -0.2) is 9.18 Å². The fourth-order valence-corrected chi connectivity index (χ4v) is 3.94. The van der Waals surface area contributed by atoms with Crippen LogP contribution in [0.5, 0.6) is 17.2 Å². The molecule has 0 amide bonds. The zero-order chi connectivity index (χ0) is 22.2. The van der Waals surface area contributed by atoms with Gasteiger partial charge in [0.25, 0.3) is 0 Å². The molecule has 5 heteroatoms. The van der Waals surface area contributed by atoms with Crippen molar-refractivity contribution in [2.45, 2.75) is 0 Å². The van der Waals surface area contributed by atoms with E-state index < -0.39 is 11.8 Å². The van der Waals surface area contributed by atoms with Crippen LogP contribution in [0.2, 0.25) is 0 Å². The van der Waals surface area contributed by atoms with Crippen LogP contribution in [0, 0.1) is 5.82 Å². The molecule has 0 saturated heterocycles. The Bertz CT molecular complexity index is 1510. The van der Waals surface area contributed by atoms with E-state index in [1.165, 1.54) is 24.3 Å². The van der Waals surface area contributed by atoms with Gasteiger partial charge in [0.15, 0.2) is 0 Å². The third-order valence-electron chi connectivity index (χ3n) is 5.46. The Hall–Kier alpha value is -4.38. The molecule has 5 rings (SSSR count). The molecule has 2 N–H and O–H groups in total. The average molecular weight is 424 g/mol. The van der Waals surface area contributed by atoms with Crippen molar-refractivity contribution in [3.05, 3.63) is 102 Å². The first-order valence-electron chi connectivity index (χ1n) is 9.96. The summed E-state index contributed by atoms with van der Waals surface area (Å²) in [6.07, 6.45) is 0. The van der Waals surface area contributed by atoms with Crippen LogP contribution in [0.25, 0.3) is 32.7 Å². The van der Waals surface area contributed by atoms with E-state index >= 15 is 0 Å². The van der Waals surface area contributed by atoms with Crippen LogP contribution in [0.4, 0.5) is 4.39 Å². The lowest BCUT2D eigenvalue weighted by Gasteiger charge is -2.14. The van der Waals surface area contributed by atoms with Crippen molar-refractivity contribution in [3.63, 3.8) is 0 Å². The number of ether oxygens (including phenoxy) is 1. The number of phenols is 2. The number of rotatable bonds is 3. The number of phenolic OH excluding ortho intramolecular Hbond substituents is 2. The molecule has 0 fully saturated rings. The smallest absolute Gasteiger partial charge is 0.344 e. The van der Waals surface area contributed by atoms with Crippen LogP contribution in [-0.4, -0.2) is 16.2 Å². The molecule has 0 bridgehead atoms. The normalized spacial score (nSPS) is 11.0. The third kappa shape index (κ3) is 3.30. The van der Waals surface area contributed by atoms with Crippen LogP contribution >= 0.6 is 0 Å². The van der Waals surface area contributed by atoms with Crippen molar-refractivity contribution >= 4 is 27.5 Å². The number of benzene rings is 5. The van der Waals surface area contributed by atoms with E-state index in [0.29, 0.717) is 27.3 Å². The number of carbonyl (C=O) groups excluding carboxylic acids is 1. The summed E-state index contributed by atoms with van der Waals surface area (Å²) in [6, 6.07) is 24.4. The first-order valence-corrected chi connectivity index (χ1v) is 9.96. The van der Waals surface area contributed by atoms with Gasteiger partial charge >= 0.3 is 5.97 Å². The molecule has 156 valence electrons. The second-order valence-corrected chi connectivity index (χ2v) is 7.39. The fourth-order valence-electron chi connectivity index (χ4n) is 3.94. The van der Waals surface area contributed by atoms with Crippen molar-refractivity contribution < 1.29 is 24.1 Å². The molecule has 0 unspecified atom stereocenters. The van der Waals surface area contributed by atoms with Gasteiger partial charge in [-0.3, -0.25) is 0 Å². The zero-order valence-corrected chi connectivity index (χ0v) is 16.7. The predicted molar refractivity (Wildman–Crippen MR) is 122 cm³/mol. The highest BCUT2D eigenvalue weighted by Crippen LogP contribution is 2.37. The average Bonchev–Trinajstić information content (AvgIpc) is 2.82. The highest BCUT2D eigenvalue weighted by Gasteiger charge is 2.20. The number of fused-ring (bicyclic) bond motifs is 2. The maximum atomic E-state index is 14.2. The Morgan fingerprint density at radius 1 is 0.656 bits per heavy atom. The molecular weight excluding hydrogens is 407 g/mol. The highest BCUT2D eigenvalue weighted by molar-refractivity contribution is 6.06. The lowest BCUT2D eigenvalue weighted by molar-refractivity contribution is 0.0737. The minimum atomic E-state index is -0.729. The molecule has 4 nitrogen and oxygen atoms in total. The van der Waals surface area contributed by atoms with E-state index in [1.807, 2.05) is 18.2 Å². The SMILES string of the molecule is O=C(Oc1ccc(O)c2ccccc12)c1cc(F)ccc1-c1ccc(O)c2ccccc12. The van der Waals surface area contributed by atoms with Gasteiger partial charge in [-0.2, -0.15) is 0 Å². The standard InChI is InChI=1S/C27H17FO4/c28-16-9-10-19(18-11-12-24(29)20-6-2-1-5-17(18)20)23(15-16)27(31)32-26-14-13-25(30)21-7-3-4-8-22(21)26/h1-15,29-30H. The lowest BCUT2D eigenvalue weighted by atomic mass is 9.94. The summed E-state index contributed by atoms with van der Waals surface area (Å²) >= 11 is 0. The van der Waals surface area contributed by atoms with Crippen molar-refractivity contribution in [1.29, 1.82) is 0 Å². The van der Waals surface area contributed by atoms with Crippen molar-refractivity contribution in [3.8, 4) is 28.4 Å². The first kappa shape index (κ1) is 19.6. The molecule has 32 heavy (non-hydrogen) atoms. The molecule has 0 radical (unpaired) electrons. The summed E-state index contributed by atoms with van der Waals surface area (Å²) in [7, 11) is 0. The summed E-state index contributed by atoms with van der Waals surface area (Å²) in [4.78, 5) is 13.2. The van der Waals surface area contributed by atoms with E-state index in [9.17, 15) is 19.4 Å². The predicted octanol–water partition coefficient (Wildman–Crippen LogP) is 6.43. The first-order chi connectivity index (χ1) is 15.5. The molecule has 0 heterocycles. The number of halogens is 1. The van der Waals surface area contributed by atoms with Crippen LogP contribution in [0.3, 0.4) is 0 Å². The van der Waals surface area contributed by atoms with E-state index in [4.69, 9.17) is 4.74 Å². The van der Waals surface area contributed by atoms with E-state index in [0.717, 1.165) is 11.5 Å². The highest BCUT2D eigenvalue weighted by atomic mass is 19.1. The number of hydrogen-bond donors (Lipinski definition) is 2. The van der Waals surface area contributed by atoms with Crippen molar-refractivity contribution in [2.24, 2.45) is 0 Å². The summed E-state index contributed by atoms with van der Waals surface area (Å²) in [5.74, 6) is -0.852. The molecule has 5 aromatic rings. The summed E-state index contributed by atoms with van der Waals surface area (Å²) in [5.41, 5.74) is 1.20. The van der Waals surface area contributed by atoms with Crippen LogP contribution in [0.1, 0.15) is 10.4 Å². The molecule has 0 aliphatic heterocycles. The van der Waals surface area contributed by atoms with Gasteiger partial charge in [-0.15, -0.1) is 0 Å². The van der Waals surface area contributed by atoms with Gasteiger partial charge < -0.3 is 14.9 Å². The molecule has 0 aromatic heterocycles. The molecular formula is C27H17FO4. The Balaban J connectivity index is 1.64. The number of hydrogen-bond acceptors (Lipinski definition) is 4. The quantitative estimate of drug-likeness (QED) is 0.259. The van der Waals surface area contributed by atoms with Crippen molar-refractivity contribution in [2.75, 3.05) is 0 Å². The number of aromatic hydroxyl groups is 2. The van der Waals surface area contributed by atoms with Crippen molar-refractivity contribution in [1.82, 2.24) is 0 Å². The van der Waals surface area contributed by atoms with Gasteiger partial charge in [0.2, 0.25) is 0 Å². The fraction of sp³-hybridized carbons (Fsp3) is 0. The minimum absolute atomic E-state index is 0.0537. The third-order valence-corrected chi connectivity index (χ3v) is 5.46. The maximum Gasteiger partial charge on any atom is 0.344 e. The van der Waals surface area contributed by atoms with Gasteiger partial charge in [0, 0.05) is 16.2 Å². The summed E-state index contributed by atoms with van der Waals surface area (Å²) in [5, 5.41) is 22.8. The Kier molecular flexibility index (Phi) is 4.71. The van der Waals surface area contributed by atoms with Gasteiger partial charge in [-0.1, -0.05) is 60.7 Å². The van der Waals surface area contributed by atoms with E-state index in [1.54, 1.807) is 42.5 Å². The monoisotopic (exact) mass is 424 g/mol. The molecule has 0 aliphatic rings. The number of carbonyl (C=O) groups is 1. The second-order valence-electron chi connectivity index (χ2n) is 7.39. The van der Waals surface area contributed by atoms with E-state index in [2.05, 4.69) is 0 Å². The van der Waals surface area contributed by atoms with Gasteiger partial charge in [0.1, 0.15) is 23.1 Å². The van der Waals surface area contributed by atoms with Crippen LogP contribution in [-0.2, 0) is 0 Å². The second kappa shape index (κ2) is 7.71. The molecule has 0 atom stereocenters. The zero-order valence-electron chi connectivity index (χ0n) is 16.7. The van der Waals surface area contributed by atoms with Crippen LogP contribution < -0.4 is 4.74 Å². The van der Waals surface area contributed by atoms with E-state index in [-0.39, 0.29) is 22.8 Å². The Morgan fingerprint density at radius 3 is 1.94 bits per heavy atom. The van der Waals surface area contributed by atoms with Crippen LogP contribution in [0.15, 0.2) is 91.0 Å². The maximum absolute atomic E-state index is 14.2.